The predicted octanol–water partition coefficient (Wildman–Crippen LogP) is 2.22. The van der Waals surface area contributed by atoms with Gasteiger partial charge in [0.2, 0.25) is 5.91 Å². The van der Waals surface area contributed by atoms with Crippen LogP contribution in [0.3, 0.4) is 0 Å². The third-order valence-electron chi connectivity index (χ3n) is 5.56. The van der Waals surface area contributed by atoms with Crippen LogP contribution in [-0.4, -0.2) is 61.6 Å². The molecule has 1 heterocycles. The Morgan fingerprint density at radius 1 is 1.31 bits per heavy atom. The summed E-state index contributed by atoms with van der Waals surface area (Å²) in [5.74, 6) is -0.117. The topological polar surface area (TPSA) is 87.9 Å². The van der Waals surface area contributed by atoms with Crippen molar-refractivity contribution >= 4 is 23.2 Å². The van der Waals surface area contributed by atoms with Crippen molar-refractivity contribution in [1.82, 2.24) is 4.90 Å². The summed E-state index contributed by atoms with van der Waals surface area (Å²) in [5.41, 5.74) is 7.66. The number of hydrogen-bond acceptors (Lipinski definition) is 5. The second-order valence-electron chi connectivity index (χ2n) is 9.20. The van der Waals surface area contributed by atoms with E-state index in [1.54, 1.807) is 4.90 Å². The van der Waals surface area contributed by atoms with Crippen molar-refractivity contribution in [2.75, 3.05) is 43.1 Å². The molecule has 0 spiro atoms. The van der Waals surface area contributed by atoms with Gasteiger partial charge in [-0.15, -0.1) is 0 Å². The molecule has 1 atom stereocenters. The van der Waals surface area contributed by atoms with E-state index < -0.39 is 0 Å². The number of carbonyl (C=O) groups is 2. The van der Waals surface area contributed by atoms with E-state index in [4.69, 9.17) is 10.5 Å². The van der Waals surface area contributed by atoms with E-state index in [1.165, 1.54) is 6.42 Å². The highest BCUT2D eigenvalue weighted by atomic mass is 16.5. The number of ether oxygens (including phenoxy) is 1. The summed E-state index contributed by atoms with van der Waals surface area (Å²) in [6.07, 6.45) is 3.47. The standard InChI is InChI=1S/C22H34N4O3/c1-22(2,3)15-26(17-5-4-6-17)19(13-23)21(28)24-16-7-9-18(10-8-16)25-11-12-29-14-20(25)27/h7-10,17,19H,4-6,11-15,23H2,1-3H3,(H,24,28)/t19-/m1/s1. The molecule has 1 aliphatic carbocycles. The van der Waals surface area contributed by atoms with Crippen LogP contribution in [0.25, 0.3) is 0 Å². The van der Waals surface area contributed by atoms with Crippen molar-refractivity contribution in [2.24, 2.45) is 11.1 Å². The molecule has 3 N–H and O–H groups in total. The van der Waals surface area contributed by atoms with Gasteiger partial charge in [-0.3, -0.25) is 14.5 Å². The summed E-state index contributed by atoms with van der Waals surface area (Å²) >= 11 is 0. The van der Waals surface area contributed by atoms with Crippen molar-refractivity contribution in [3.8, 4) is 0 Å². The number of benzene rings is 1. The zero-order valence-corrected chi connectivity index (χ0v) is 17.8. The first-order chi connectivity index (χ1) is 13.8. The average molecular weight is 403 g/mol. The summed E-state index contributed by atoms with van der Waals surface area (Å²) in [5, 5.41) is 3.01. The quantitative estimate of drug-likeness (QED) is 0.730. The molecule has 1 aromatic rings. The maximum Gasteiger partial charge on any atom is 0.253 e. The lowest BCUT2D eigenvalue weighted by atomic mass is 9.86. The summed E-state index contributed by atoms with van der Waals surface area (Å²) in [6, 6.07) is 7.47. The molecule has 0 unspecified atom stereocenters. The fourth-order valence-corrected chi connectivity index (χ4v) is 3.89. The van der Waals surface area contributed by atoms with E-state index in [-0.39, 0.29) is 29.9 Å². The molecule has 1 aliphatic heterocycles. The SMILES string of the molecule is CC(C)(C)CN(C1CCC1)[C@H](CN)C(=O)Nc1ccc(N2CCOCC2=O)cc1. The first-order valence-corrected chi connectivity index (χ1v) is 10.5. The molecule has 7 nitrogen and oxygen atoms in total. The van der Waals surface area contributed by atoms with Gasteiger partial charge in [0.15, 0.2) is 0 Å². The first-order valence-electron chi connectivity index (χ1n) is 10.5. The molecule has 0 aromatic heterocycles. The van der Waals surface area contributed by atoms with Crippen LogP contribution in [0.2, 0.25) is 0 Å². The number of nitrogens with two attached hydrogens (primary N) is 1. The van der Waals surface area contributed by atoms with E-state index >= 15 is 0 Å². The van der Waals surface area contributed by atoms with Gasteiger partial charge in [-0.05, 0) is 42.5 Å². The Labute approximate surface area is 173 Å². The average Bonchev–Trinajstić information content (AvgIpc) is 2.61. The molecule has 29 heavy (non-hydrogen) atoms. The maximum atomic E-state index is 13.0. The zero-order valence-electron chi connectivity index (χ0n) is 17.8. The third kappa shape index (κ3) is 5.56. The van der Waals surface area contributed by atoms with Gasteiger partial charge in [-0.25, -0.2) is 0 Å². The minimum atomic E-state index is -0.347. The summed E-state index contributed by atoms with van der Waals surface area (Å²) in [7, 11) is 0. The monoisotopic (exact) mass is 402 g/mol. The van der Waals surface area contributed by atoms with E-state index in [0.29, 0.717) is 31.4 Å². The van der Waals surface area contributed by atoms with Crippen LogP contribution in [-0.2, 0) is 14.3 Å². The number of hydrogen-bond donors (Lipinski definition) is 2. The molecule has 2 amide bonds. The molecule has 2 fully saturated rings. The minimum Gasteiger partial charge on any atom is -0.370 e. The van der Waals surface area contributed by atoms with Crippen molar-refractivity contribution in [3.63, 3.8) is 0 Å². The van der Waals surface area contributed by atoms with Crippen LogP contribution in [0, 0.1) is 5.41 Å². The normalized spacial score (nSPS) is 19.2. The van der Waals surface area contributed by atoms with Gasteiger partial charge in [-0.2, -0.15) is 0 Å². The van der Waals surface area contributed by atoms with E-state index in [2.05, 4.69) is 31.0 Å². The number of rotatable bonds is 7. The summed E-state index contributed by atoms with van der Waals surface area (Å²) < 4.78 is 5.17. The Morgan fingerprint density at radius 2 is 2.00 bits per heavy atom. The fraction of sp³-hybridized carbons (Fsp3) is 0.636. The van der Waals surface area contributed by atoms with Gasteiger partial charge >= 0.3 is 0 Å². The van der Waals surface area contributed by atoms with Crippen molar-refractivity contribution in [3.05, 3.63) is 24.3 Å². The second kappa shape index (κ2) is 9.24. The van der Waals surface area contributed by atoms with Gasteiger partial charge < -0.3 is 20.7 Å². The van der Waals surface area contributed by atoms with Crippen LogP contribution >= 0.6 is 0 Å². The van der Waals surface area contributed by atoms with Gasteiger partial charge in [-0.1, -0.05) is 27.2 Å². The highest BCUT2D eigenvalue weighted by molar-refractivity contribution is 5.97. The minimum absolute atomic E-state index is 0.0467. The molecule has 1 saturated heterocycles. The van der Waals surface area contributed by atoms with Crippen LogP contribution in [0.15, 0.2) is 24.3 Å². The molecule has 1 aromatic carbocycles. The number of amides is 2. The van der Waals surface area contributed by atoms with E-state index in [9.17, 15) is 9.59 Å². The molecule has 2 aliphatic rings. The Hall–Kier alpha value is -1.96. The lowest BCUT2D eigenvalue weighted by Gasteiger charge is -2.44. The molecule has 3 rings (SSSR count). The highest BCUT2D eigenvalue weighted by Gasteiger charge is 2.36. The molecular weight excluding hydrogens is 368 g/mol. The second-order valence-corrected chi connectivity index (χ2v) is 9.20. The highest BCUT2D eigenvalue weighted by Crippen LogP contribution is 2.30. The van der Waals surface area contributed by atoms with Gasteiger partial charge in [0.05, 0.1) is 6.61 Å². The van der Waals surface area contributed by atoms with Crippen LogP contribution in [0.5, 0.6) is 0 Å². The van der Waals surface area contributed by atoms with Crippen LogP contribution in [0.1, 0.15) is 40.0 Å². The Balaban J connectivity index is 1.67. The summed E-state index contributed by atoms with van der Waals surface area (Å²) in [4.78, 5) is 29.0. The number of nitrogens with zero attached hydrogens (tertiary/aromatic N) is 2. The molecule has 7 heteroatoms. The van der Waals surface area contributed by atoms with Gasteiger partial charge in [0.25, 0.3) is 5.91 Å². The fourth-order valence-electron chi connectivity index (χ4n) is 3.89. The van der Waals surface area contributed by atoms with E-state index in [0.717, 1.165) is 25.1 Å². The number of nitrogens with one attached hydrogen (secondary N) is 1. The Bertz CT molecular complexity index is 710. The predicted molar refractivity (Wildman–Crippen MR) is 115 cm³/mol. The Kier molecular flexibility index (Phi) is 6.93. The van der Waals surface area contributed by atoms with Crippen molar-refractivity contribution in [2.45, 2.75) is 52.1 Å². The zero-order chi connectivity index (χ0) is 21.0. The molecule has 0 bridgehead atoms. The van der Waals surface area contributed by atoms with Gasteiger partial charge in [0, 0.05) is 37.1 Å². The number of anilines is 2. The molecule has 1 saturated carbocycles. The lowest BCUT2D eigenvalue weighted by molar-refractivity contribution is -0.126. The molecular formula is C22H34N4O3. The van der Waals surface area contributed by atoms with Crippen LogP contribution < -0.4 is 16.0 Å². The largest absolute Gasteiger partial charge is 0.370 e. The Morgan fingerprint density at radius 3 is 2.52 bits per heavy atom. The summed E-state index contributed by atoms with van der Waals surface area (Å²) in [6.45, 7) is 8.89. The van der Waals surface area contributed by atoms with Crippen LogP contribution in [0.4, 0.5) is 11.4 Å². The van der Waals surface area contributed by atoms with Crippen molar-refractivity contribution < 1.29 is 14.3 Å². The lowest BCUT2D eigenvalue weighted by Crippen LogP contribution is -2.56. The van der Waals surface area contributed by atoms with Gasteiger partial charge in [0.1, 0.15) is 12.6 Å². The van der Waals surface area contributed by atoms with Crippen molar-refractivity contribution in [1.29, 1.82) is 0 Å². The van der Waals surface area contributed by atoms with E-state index in [1.807, 2.05) is 24.3 Å². The smallest absolute Gasteiger partial charge is 0.253 e. The first kappa shape index (κ1) is 21.7. The number of morpholine rings is 1. The molecule has 160 valence electrons. The number of carbonyl (C=O) groups excluding carboxylic acids is 2. The molecule has 0 radical (unpaired) electrons. The third-order valence-corrected chi connectivity index (χ3v) is 5.56. The maximum absolute atomic E-state index is 13.0.